The normalized spacial score (nSPS) is 12.5. The number of benzene rings is 2. The number of rotatable bonds is 3. The van der Waals surface area contributed by atoms with Gasteiger partial charge in [-0.15, -0.1) is 0 Å². The third-order valence-electron chi connectivity index (χ3n) is 4.14. The maximum Gasteiger partial charge on any atom is 0.0969 e. The van der Waals surface area contributed by atoms with Crippen LogP contribution in [0.1, 0.15) is 52.7 Å². The van der Waals surface area contributed by atoms with Crippen molar-refractivity contribution in [3.05, 3.63) is 72.3 Å². The molecule has 0 N–H and O–H groups in total. The Morgan fingerprint density at radius 2 is 1.13 bits per heavy atom. The van der Waals surface area contributed by atoms with Crippen molar-refractivity contribution in [1.82, 2.24) is 0 Å². The van der Waals surface area contributed by atoms with E-state index < -0.39 is 8.80 Å². The standard InChI is InChI=1S/C22H29Si/c1-17(18-11-9-8-10-12-18)19-13-15-20(16-14-19)23(21(2,3)4)22(5,6)7/h8-16H,1H2,2-7H3. The molecule has 2 rings (SSSR count). The third-order valence-corrected chi connectivity index (χ3v) is 8.05. The van der Waals surface area contributed by atoms with E-state index in [0.29, 0.717) is 10.1 Å². The Labute approximate surface area is 143 Å². The third kappa shape index (κ3) is 4.23. The molecule has 23 heavy (non-hydrogen) atoms. The van der Waals surface area contributed by atoms with E-state index in [1.54, 1.807) is 0 Å². The molecule has 0 aliphatic carbocycles. The van der Waals surface area contributed by atoms with E-state index in [-0.39, 0.29) is 0 Å². The Bertz CT molecular complexity index is 638. The second-order valence-corrected chi connectivity index (χ2v) is 12.6. The average molecular weight is 322 g/mol. The van der Waals surface area contributed by atoms with Gasteiger partial charge in [0.25, 0.3) is 0 Å². The SMILES string of the molecule is C=C(c1ccccc1)c1ccc([Si](C(C)(C)C)C(C)(C)C)cc1. The largest absolute Gasteiger partial charge is 0.0969 e. The molecule has 0 nitrogen and oxygen atoms in total. The van der Waals surface area contributed by atoms with E-state index >= 15 is 0 Å². The van der Waals surface area contributed by atoms with Gasteiger partial charge in [0.05, 0.1) is 8.80 Å². The molecule has 0 aromatic heterocycles. The molecular formula is C22H29Si. The van der Waals surface area contributed by atoms with E-state index in [1.165, 1.54) is 16.3 Å². The Hall–Kier alpha value is -1.60. The average Bonchev–Trinajstić information content (AvgIpc) is 2.45. The van der Waals surface area contributed by atoms with Crippen molar-refractivity contribution < 1.29 is 0 Å². The zero-order valence-electron chi connectivity index (χ0n) is 15.4. The maximum absolute atomic E-state index is 4.28. The van der Waals surface area contributed by atoms with Crippen LogP contribution >= 0.6 is 0 Å². The molecule has 0 spiro atoms. The summed E-state index contributed by atoms with van der Waals surface area (Å²) >= 11 is 0. The lowest BCUT2D eigenvalue weighted by Gasteiger charge is -2.39. The van der Waals surface area contributed by atoms with Crippen LogP contribution < -0.4 is 5.19 Å². The highest BCUT2D eigenvalue weighted by atomic mass is 28.3. The molecule has 0 saturated heterocycles. The molecule has 121 valence electrons. The summed E-state index contributed by atoms with van der Waals surface area (Å²) in [7, 11) is -0.689. The molecule has 0 atom stereocenters. The minimum atomic E-state index is -0.689. The van der Waals surface area contributed by atoms with E-state index in [4.69, 9.17) is 0 Å². The van der Waals surface area contributed by atoms with Crippen LogP contribution in [0.15, 0.2) is 61.2 Å². The molecular weight excluding hydrogens is 292 g/mol. The molecule has 2 aromatic rings. The van der Waals surface area contributed by atoms with Crippen molar-refractivity contribution in [2.75, 3.05) is 0 Å². The molecule has 0 aliphatic heterocycles. The smallest absolute Gasteiger partial charge is 0.0906 e. The second-order valence-electron chi connectivity index (χ2n) is 8.30. The first kappa shape index (κ1) is 17.7. The van der Waals surface area contributed by atoms with Crippen LogP contribution in [0.4, 0.5) is 0 Å². The van der Waals surface area contributed by atoms with Gasteiger partial charge >= 0.3 is 0 Å². The van der Waals surface area contributed by atoms with Crippen molar-refractivity contribution in [2.45, 2.75) is 51.6 Å². The minimum absolute atomic E-state index is 0.334. The lowest BCUT2D eigenvalue weighted by molar-refractivity contribution is 0.653. The first-order chi connectivity index (χ1) is 10.6. The zero-order chi connectivity index (χ0) is 17.3. The quantitative estimate of drug-likeness (QED) is 0.604. The molecule has 0 amide bonds. The lowest BCUT2D eigenvalue weighted by Crippen LogP contribution is -2.45. The van der Waals surface area contributed by atoms with Crippen molar-refractivity contribution in [2.24, 2.45) is 0 Å². The highest BCUT2D eigenvalue weighted by Gasteiger charge is 2.38. The van der Waals surface area contributed by atoms with Gasteiger partial charge in [-0.3, -0.25) is 0 Å². The molecule has 2 aromatic carbocycles. The Balaban J connectivity index is 2.34. The van der Waals surface area contributed by atoms with Crippen LogP contribution in [0.5, 0.6) is 0 Å². The van der Waals surface area contributed by atoms with E-state index in [0.717, 1.165) is 5.57 Å². The first-order valence-electron chi connectivity index (χ1n) is 8.34. The fourth-order valence-electron chi connectivity index (χ4n) is 3.64. The van der Waals surface area contributed by atoms with Gasteiger partial charge < -0.3 is 0 Å². The fourth-order valence-corrected chi connectivity index (χ4v) is 8.12. The molecule has 1 heteroatoms. The van der Waals surface area contributed by atoms with Gasteiger partial charge in [0.15, 0.2) is 0 Å². The predicted octanol–water partition coefficient (Wildman–Crippen LogP) is 6.05. The zero-order valence-corrected chi connectivity index (χ0v) is 16.4. The predicted molar refractivity (Wildman–Crippen MR) is 106 cm³/mol. The van der Waals surface area contributed by atoms with Gasteiger partial charge in [0.2, 0.25) is 0 Å². The summed E-state index contributed by atoms with van der Waals surface area (Å²) in [5, 5.41) is 2.18. The maximum atomic E-state index is 4.28. The number of hydrogen-bond acceptors (Lipinski definition) is 0. The van der Waals surface area contributed by atoms with Gasteiger partial charge in [-0.2, -0.15) is 0 Å². The molecule has 0 saturated carbocycles. The van der Waals surface area contributed by atoms with Crippen molar-refractivity contribution in [3.63, 3.8) is 0 Å². The lowest BCUT2D eigenvalue weighted by atomic mass is 10.00. The fraction of sp³-hybridized carbons (Fsp3) is 0.364. The van der Waals surface area contributed by atoms with Crippen LogP contribution in [0.3, 0.4) is 0 Å². The van der Waals surface area contributed by atoms with Crippen LogP contribution in [-0.2, 0) is 0 Å². The monoisotopic (exact) mass is 321 g/mol. The molecule has 0 fully saturated rings. The summed E-state index contributed by atoms with van der Waals surface area (Å²) in [4.78, 5) is 0. The molecule has 0 aliphatic rings. The van der Waals surface area contributed by atoms with E-state index in [1.807, 2.05) is 6.07 Å². The molecule has 0 heterocycles. The highest BCUT2D eigenvalue weighted by Crippen LogP contribution is 2.41. The Kier molecular flexibility index (Phi) is 5.00. The van der Waals surface area contributed by atoms with Crippen LogP contribution in [-0.4, -0.2) is 8.80 Å². The first-order valence-corrected chi connectivity index (χ1v) is 9.84. The minimum Gasteiger partial charge on any atom is -0.0906 e. The topological polar surface area (TPSA) is 0 Å². The van der Waals surface area contributed by atoms with Crippen LogP contribution in [0.2, 0.25) is 10.1 Å². The van der Waals surface area contributed by atoms with Crippen molar-refractivity contribution >= 4 is 19.6 Å². The molecule has 1 radical (unpaired) electrons. The Morgan fingerprint density at radius 3 is 1.57 bits per heavy atom. The summed E-state index contributed by atoms with van der Waals surface area (Å²) in [5.74, 6) is 0. The van der Waals surface area contributed by atoms with Gasteiger partial charge in [-0.1, -0.05) is 108 Å². The van der Waals surface area contributed by atoms with Gasteiger partial charge in [-0.25, -0.2) is 0 Å². The summed E-state index contributed by atoms with van der Waals surface area (Å²) < 4.78 is 0. The molecule has 0 bridgehead atoms. The summed E-state index contributed by atoms with van der Waals surface area (Å²) in [5.41, 5.74) is 3.50. The van der Waals surface area contributed by atoms with Gasteiger partial charge in [-0.05, 0) is 26.8 Å². The number of hydrogen-bond donors (Lipinski definition) is 0. The molecule has 0 unspecified atom stereocenters. The van der Waals surface area contributed by atoms with Crippen molar-refractivity contribution in [3.8, 4) is 0 Å². The van der Waals surface area contributed by atoms with Gasteiger partial charge in [0, 0.05) is 0 Å². The van der Waals surface area contributed by atoms with Crippen molar-refractivity contribution in [1.29, 1.82) is 0 Å². The van der Waals surface area contributed by atoms with Crippen LogP contribution in [0, 0.1) is 0 Å². The Morgan fingerprint density at radius 1 is 0.696 bits per heavy atom. The second kappa shape index (κ2) is 6.49. The van der Waals surface area contributed by atoms with Crippen LogP contribution in [0.25, 0.3) is 5.57 Å². The van der Waals surface area contributed by atoms with E-state index in [2.05, 4.69) is 96.7 Å². The van der Waals surface area contributed by atoms with E-state index in [9.17, 15) is 0 Å². The summed E-state index contributed by atoms with van der Waals surface area (Å²) in [6.07, 6.45) is 0. The summed E-state index contributed by atoms with van der Waals surface area (Å²) in [6.45, 7) is 18.5. The summed E-state index contributed by atoms with van der Waals surface area (Å²) in [6, 6.07) is 19.6. The highest BCUT2D eigenvalue weighted by molar-refractivity contribution is 6.78. The van der Waals surface area contributed by atoms with Gasteiger partial charge in [0.1, 0.15) is 0 Å².